The molecule has 10 heteroatoms. The van der Waals surface area contributed by atoms with Crippen molar-refractivity contribution in [1.82, 2.24) is 5.32 Å². The van der Waals surface area contributed by atoms with Gasteiger partial charge in [-0.15, -0.1) is 0 Å². The van der Waals surface area contributed by atoms with E-state index in [1.165, 1.54) is 57.9 Å². The molecule has 0 radical (unpaired) electrons. The van der Waals surface area contributed by atoms with Gasteiger partial charge < -0.3 is 35.1 Å². The first kappa shape index (κ1) is 33.6. The van der Waals surface area contributed by atoms with Crippen LogP contribution in [-0.4, -0.2) is 71.8 Å². The van der Waals surface area contributed by atoms with Gasteiger partial charge in [0.15, 0.2) is 0 Å². The second-order valence-corrected chi connectivity index (χ2v) is 9.84. The predicted molar refractivity (Wildman–Crippen MR) is 144 cm³/mol. The van der Waals surface area contributed by atoms with Crippen LogP contribution in [0.2, 0.25) is 0 Å². The maximum absolute atomic E-state index is 12.2. The number of aliphatic hydroxyl groups is 1. The lowest BCUT2D eigenvalue weighted by molar-refractivity contribution is -0.163. The van der Waals surface area contributed by atoms with Gasteiger partial charge in [0.1, 0.15) is 24.9 Å². The lowest BCUT2D eigenvalue weighted by Crippen LogP contribution is -2.59. The number of hydrogen-bond acceptors (Lipinski definition) is 8. The smallest absolute Gasteiger partial charge is 0.370 e. The van der Waals surface area contributed by atoms with E-state index in [2.05, 4.69) is 12.2 Å². The summed E-state index contributed by atoms with van der Waals surface area (Å²) in [4.78, 5) is 35.6. The van der Waals surface area contributed by atoms with Crippen molar-refractivity contribution in [2.45, 2.75) is 122 Å². The zero-order valence-corrected chi connectivity index (χ0v) is 23.3. The van der Waals surface area contributed by atoms with E-state index < -0.39 is 53.9 Å². The molecule has 218 valence electrons. The lowest BCUT2D eigenvalue weighted by atomic mass is 9.87. The molecule has 0 bridgehead atoms. The average molecular weight is 541 g/mol. The number of amides is 1. The fraction of sp³-hybridized carbons (Fsp3) is 0.786. The summed E-state index contributed by atoms with van der Waals surface area (Å²) in [6, 6.07) is -0.855. The summed E-state index contributed by atoms with van der Waals surface area (Å²) in [5.74, 6) is -3.38. The van der Waals surface area contributed by atoms with E-state index in [1.54, 1.807) is 6.92 Å². The number of ether oxygens (including phenoxy) is 3. The molecule has 0 spiro atoms. The molecule has 4 N–H and O–H groups in total. The topological polar surface area (TPSA) is 155 Å². The van der Waals surface area contributed by atoms with Gasteiger partial charge in [0.05, 0.1) is 6.04 Å². The van der Waals surface area contributed by atoms with Gasteiger partial charge in [0, 0.05) is 32.1 Å². The highest BCUT2D eigenvalue weighted by molar-refractivity contribution is 5.86. The normalized spacial score (nSPS) is 20.5. The highest BCUT2D eigenvalue weighted by atomic mass is 16.6. The number of rotatable bonds is 21. The van der Waals surface area contributed by atoms with Crippen molar-refractivity contribution in [1.29, 1.82) is 5.41 Å². The standard InChI is InChI=1S/C28H48N2O8/c1-4-6-7-8-9-10-11-12-13-14-15-16-24(33)37-19-22(32)26(36-5-2)27-25(30-20(3)31)21(18-29)17-23(38-27)28(34)35/h17-18,21-22,25-27,29,32H,4-16,19H2,1-3H3,(H,30,31)(H,34,35)/t21-,22?,25?,26?,27-/m1/s1. The molecular weight excluding hydrogens is 492 g/mol. The second kappa shape index (κ2) is 19.6. The maximum Gasteiger partial charge on any atom is 0.370 e. The summed E-state index contributed by atoms with van der Waals surface area (Å²) in [5, 5.41) is 30.6. The Kier molecular flexibility index (Phi) is 17.3. The number of carbonyl (C=O) groups excluding carboxylic acids is 2. The predicted octanol–water partition coefficient (Wildman–Crippen LogP) is 4.13. The van der Waals surface area contributed by atoms with E-state index in [1.807, 2.05) is 0 Å². The molecule has 1 amide bonds. The van der Waals surface area contributed by atoms with Gasteiger partial charge in [-0.3, -0.25) is 9.59 Å². The summed E-state index contributed by atoms with van der Waals surface area (Å²) in [5.41, 5.74) is 0. The zero-order chi connectivity index (χ0) is 28.3. The van der Waals surface area contributed by atoms with Gasteiger partial charge in [-0.2, -0.15) is 0 Å². The van der Waals surface area contributed by atoms with Crippen molar-refractivity contribution >= 4 is 24.1 Å². The minimum Gasteiger partial charge on any atom is -0.478 e. The van der Waals surface area contributed by atoms with Gasteiger partial charge in [0.2, 0.25) is 11.7 Å². The van der Waals surface area contributed by atoms with Crippen LogP contribution in [0.4, 0.5) is 0 Å². The van der Waals surface area contributed by atoms with Crippen molar-refractivity contribution < 1.29 is 38.8 Å². The lowest BCUT2D eigenvalue weighted by Gasteiger charge is -2.40. The summed E-state index contributed by atoms with van der Waals surface area (Å²) >= 11 is 0. The summed E-state index contributed by atoms with van der Waals surface area (Å²) in [7, 11) is 0. The van der Waals surface area contributed by atoms with Crippen LogP contribution in [0.5, 0.6) is 0 Å². The third-order valence-corrected chi connectivity index (χ3v) is 6.61. The zero-order valence-electron chi connectivity index (χ0n) is 23.3. The molecule has 0 aliphatic carbocycles. The minimum atomic E-state index is -1.34. The van der Waals surface area contributed by atoms with Crippen molar-refractivity contribution in [2.24, 2.45) is 5.92 Å². The molecule has 1 rings (SSSR count). The van der Waals surface area contributed by atoms with Crippen LogP contribution < -0.4 is 5.32 Å². The second-order valence-electron chi connectivity index (χ2n) is 9.84. The maximum atomic E-state index is 12.2. The largest absolute Gasteiger partial charge is 0.478 e. The van der Waals surface area contributed by atoms with Crippen LogP contribution in [0.1, 0.15) is 97.8 Å². The number of esters is 1. The van der Waals surface area contributed by atoms with E-state index in [9.17, 15) is 24.6 Å². The van der Waals surface area contributed by atoms with E-state index in [0.29, 0.717) is 6.42 Å². The molecule has 0 aromatic heterocycles. The van der Waals surface area contributed by atoms with Crippen LogP contribution in [0.25, 0.3) is 0 Å². The third kappa shape index (κ3) is 12.9. The Morgan fingerprint density at radius 1 is 1.05 bits per heavy atom. The number of hydrogen-bond donors (Lipinski definition) is 4. The Hall–Kier alpha value is -2.46. The molecule has 0 saturated heterocycles. The number of nitrogens with one attached hydrogen (secondary N) is 2. The van der Waals surface area contributed by atoms with Crippen LogP contribution in [-0.2, 0) is 28.6 Å². The molecule has 0 saturated carbocycles. The van der Waals surface area contributed by atoms with Crippen LogP contribution in [0, 0.1) is 11.3 Å². The first-order valence-electron chi connectivity index (χ1n) is 14.1. The molecule has 10 nitrogen and oxygen atoms in total. The van der Waals surface area contributed by atoms with Crippen LogP contribution in [0.15, 0.2) is 11.8 Å². The first-order chi connectivity index (χ1) is 18.2. The number of carboxylic acids is 1. The number of carboxylic acid groups (broad SMARTS) is 1. The SMILES string of the molecule is CCCCCCCCCCCCCC(=O)OCC(O)C(OCC)[C@@H]1OC(C(=O)O)=C[C@H](C=N)C1NC(C)=O. The summed E-state index contributed by atoms with van der Waals surface area (Å²) in [6.45, 7) is 4.99. The molecule has 0 aromatic rings. The van der Waals surface area contributed by atoms with Gasteiger partial charge >= 0.3 is 11.9 Å². The minimum absolute atomic E-state index is 0.155. The highest BCUT2D eigenvalue weighted by Crippen LogP contribution is 2.27. The summed E-state index contributed by atoms with van der Waals surface area (Å²) < 4.78 is 16.5. The Morgan fingerprint density at radius 2 is 1.63 bits per heavy atom. The molecule has 5 atom stereocenters. The van der Waals surface area contributed by atoms with Gasteiger partial charge in [-0.05, 0) is 19.4 Å². The molecule has 38 heavy (non-hydrogen) atoms. The Labute approximate surface area is 227 Å². The van der Waals surface area contributed by atoms with Gasteiger partial charge in [-0.1, -0.05) is 71.1 Å². The van der Waals surface area contributed by atoms with Crippen molar-refractivity contribution in [3.63, 3.8) is 0 Å². The first-order valence-corrected chi connectivity index (χ1v) is 14.1. The number of unbranched alkanes of at least 4 members (excludes halogenated alkanes) is 10. The van der Waals surface area contributed by atoms with E-state index >= 15 is 0 Å². The average Bonchev–Trinajstić information content (AvgIpc) is 2.88. The quantitative estimate of drug-likeness (QED) is 0.0962. The Morgan fingerprint density at radius 3 is 2.13 bits per heavy atom. The van der Waals surface area contributed by atoms with Crippen molar-refractivity contribution in [3.8, 4) is 0 Å². The molecule has 1 aliphatic heterocycles. The van der Waals surface area contributed by atoms with Crippen molar-refractivity contribution in [3.05, 3.63) is 11.8 Å². The number of aliphatic carboxylic acids is 1. The van der Waals surface area contributed by atoms with Gasteiger partial charge in [-0.25, -0.2) is 4.79 Å². The van der Waals surface area contributed by atoms with Gasteiger partial charge in [0.25, 0.3) is 0 Å². The fourth-order valence-corrected chi connectivity index (χ4v) is 4.61. The van der Waals surface area contributed by atoms with E-state index in [-0.39, 0.29) is 19.6 Å². The monoisotopic (exact) mass is 540 g/mol. The van der Waals surface area contributed by atoms with Crippen molar-refractivity contribution in [2.75, 3.05) is 13.2 Å². The van der Waals surface area contributed by atoms with Crippen LogP contribution >= 0.6 is 0 Å². The molecule has 0 aromatic carbocycles. The number of carbonyl (C=O) groups is 3. The highest BCUT2D eigenvalue weighted by Gasteiger charge is 2.44. The number of aliphatic hydroxyl groups excluding tert-OH is 1. The Bertz CT molecular complexity index is 757. The summed E-state index contributed by atoms with van der Waals surface area (Å²) in [6.07, 6.45) is 11.8. The molecule has 1 heterocycles. The molecule has 1 aliphatic rings. The fourth-order valence-electron chi connectivity index (χ4n) is 4.61. The Balaban J connectivity index is 2.54. The third-order valence-electron chi connectivity index (χ3n) is 6.61. The van der Waals surface area contributed by atoms with E-state index in [0.717, 1.165) is 25.5 Å². The van der Waals surface area contributed by atoms with Crippen LogP contribution in [0.3, 0.4) is 0 Å². The van der Waals surface area contributed by atoms with E-state index in [4.69, 9.17) is 19.6 Å². The molecule has 3 unspecified atom stereocenters. The molecular formula is C28H48N2O8. The molecule has 0 fully saturated rings.